The van der Waals surface area contributed by atoms with Crippen LogP contribution in [0.1, 0.15) is 155 Å². The normalized spacial score (nSPS) is 13.7. The Morgan fingerprint density at radius 2 is 1.19 bits per heavy atom. The van der Waals surface area contributed by atoms with Gasteiger partial charge < -0.3 is 20.1 Å². The maximum Gasteiger partial charge on any atom is 0.472 e. The number of ether oxygens (including phenoxy) is 2. The molecule has 43 heavy (non-hydrogen) atoms. The molecule has 0 aliphatic heterocycles. The van der Waals surface area contributed by atoms with Gasteiger partial charge in [-0.05, 0) is 25.7 Å². The topological polar surface area (TPSA) is 134 Å². The fraction of sp³-hybridized carbons (Fsp3) is 0.879. The summed E-state index contributed by atoms with van der Waals surface area (Å²) in [5.41, 5.74) is 5.30. The monoisotopic (exact) mass is 633 g/mol. The van der Waals surface area contributed by atoms with Crippen LogP contribution < -0.4 is 5.73 Å². The van der Waals surface area contributed by atoms with Crippen LogP contribution in [0.2, 0.25) is 0 Å². The number of unbranched alkanes of at least 4 members (excludes halogenated alkanes) is 17. The largest absolute Gasteiger partial charge is 0.472 e. The zero-order valence-electron chi connectivity index (χ0n) is 27.4. The Bertz CT molecular complexity index is 734. The number of hydrogen-bond acceptors (Lipinski definition) is 8. The van der Waals surface area contributed by atoms with Gasteiger partial charge in [0.05, 0.1) is 13.2 Å². The first-order valence-electron chi connectivity index (χ1n) is 17.2. The van der Waals surface area contributed by atoms with Crippen LogP contribution in [-0.2, 0) is 32.7 Å². The van der Waals surface area contributed by atoms with Crippen molar-refractivity contribution in [2.24, 2.45) is 5.73 Å². The van der Waals surface area contributed by atoms with Gasteiger partial charge in [0.15, 0.2) is 6.10 Å². The van der Waals surface area contributed by atoms with Crippen LogP contribution >= 0.6 is 7.82 Å². The maximum atomic E-state index is 12.4. The van der Waals surface area contributed by atoms with Crippen molar-refractivity contribution in [2.75, 3.05) is 26.4 Å². The minimum Gasteiger partial charge on any atom is -0.462 e. The predicted octanol–water partition coefficient (Wildman–Crippen LogP) is 8.71. The molecule has 0 aromatic rings. The third-order valence-electron chi connectivity index (χ3n) is 7.16. The first-order chi connectivity index (χ1) is 20.8. The van der Waals surface area contributed by atoms with Crippen LogP contribution in [-0.4, -0.2) is 49.3 Å². The second-order valence-electron chi connectivity index (χ2n) is 11.4. The van der Waals surface area contributed by atoms with E-state index in [1.807, 2.05) is 6.08 Å². The number of allylic oxidation sites excluding steroid dienone is 2. The summed E-state index contributed by atoms with van der Waals surface area (Å²) in [5.74, 6) is -0.891. The van der Waals surface area contributed by atoms with E-state index in [1.165, 1.54) is 89.9 Å². The van der Waals surface area contributed by atoms with Gasteiger partial charge in [-0.3, -0.25) is 18.6 Å². The highest BCUT2D eigenvalue weighted by molar-refractivity contribution is 7.47. The van der Waals surface area contributed by atoms with Crippen molar-refractivity contribution in [1.29, 1.82) is 0 Å². The molecule has 0 aliphatic rings. The van der Waals surface area contributed by atoms with E-state index in [2.05, 4.69) is 19.9 Å². The molecule has 0 amide bonds. The van der Waals surface area contributed by atoms with Crippen LogP contribution in [0.5, 0.6) is 0 Å². The Morgan fingerprint density at radius 3 is 1.74 bits per heavy atom. The van der Waals surface area contributed by atoms with Crippen molar-refractivity contribution in [2.45, 2.75) is 161 Å². The number of rotatable bonds is 32. The van der Waals surface area contributed by atoms with Crippen molar-refractivity contribution >= 4 is 19.8 Å². The molecule has 1 unspecified atom stereocenters. The lowest BCUT2D eigenvalue weighted by atomic mass is 10.1. The molecule has 0 fully saturated rings. The van der Waals surface area contributed by atoms with E-state index in [9.17, 15) is 19.0 Å². The van der Waals surface area contributed by atoms with Crippen LogP contribution in [0.25, 0.3) is 0 Å². The van der Waals surface area contributed by atoms with Gasteiger partial charge in [0.25, 0.3) is 0 Å². The van der Waals surface area contributed by atoms with E-state index in [4.69, 9.17) is 24.3 Å². The van der Waals surface area contributed by atoms with Gasteiger partial charge >= 0.3 is 19.8 Å². The van der Waals surface area contributed by atoms with Crippen molar-refractivity contribution in [3.63, 3.8) is 0 Å². The average molecular weight is 634 g/mol. The number of phosphoric acid groups is 1. The Hall–Kier alpha value is -1.25. The molecule has 0 bridgehead atoms. The molecule has 10 heteroatoms. The SMILES string of the molecule is CCCCCCCCCCCCC/C=C/CCC(=O)O[C@H](COC(=O)CCCCCCCCC)COP(=O)(O)OCCN. The third kappa shape index (κ3) is 30.6. The van der Waals surface area contributed by atoms with E-state index in [0.29, 0.717) is 6.42 Å². The first kappa shape index (κ1) is 41.8. The third-order valence-corrected chi connectivity index (χ3v) is 8.15. The molecule has 0 aromatic carbocycles. The molecular formula is C33H64NO8P. The van der Waals surface area contributed by atoms with Crippen molar-refractivity contribution < 1.29 is 37.6 Å². The maximum absolute atomic E-state index is 12.4. The molecule has 0 saturated carbocycles. The van der Waals surface area contributed by atoms with Crippen LogP contribution in [0.15, 0.2) is 12.2 Å². The molecule has 0 aromatic heterocycles. The smallest absolute Gasteiger partial charge is 0.462 e. The minimum absolute atomic E-state index is 0.0509. The number of phosphoric ester groups is 1. The Kier molecular flexibility index (Phi) is 29.9. The first-order valence-corrected chi connectivity index (χ1v) is 18.7. The summed E-state index contributed by atoms with van der Waals surface area (Å²) < 4.78 is 32.4. The second-order valence-corrected chi connectivity index (χ2v) is 12.8. The summed E-state index contributed by atoms with van der Waals surface area (Å²) in [6.07, 6.45) is 27.0. The molecule has 0 saturated heterocycles. The Morgan fingerprint density at radius 1 is 0.674 bits per heavy atom. The lowest BCUT2D eigenvalue weighted by Crippen LogP contribution is -2.29. The predicted molar refractivity (Wildman–Crippen MR) is 174 cm³/mol. The molecular weight excluding hydrogens is 569 g/mol. The molecule has 254 valence electrons. The highest BCUT2D eigenvalue weighted by Gasteiger charge is 2.25. The summed E-state index contributed by atoms with van der Waals surface area (Å²) in [5, 5.41) is 0. The van der Waals surface area contributed by atoms with Crippen molar-refractivity contribution in [3.8, 4) is 0 Å². The Balaban J connectivity index is 4.27. The van der Waals surface area contributed by atoms with Gasteiger partial charge in [-0.2, -0.15) is 0 Å². The zero-order chi connectivity index (χ0) is 31.9. The number of hydrogen-bond donors (Lipinski definition) is 2. The molecule has 9 nitrogen and oxygen atoms in total. The summed E-state index contributed by atoms with van der Waals surface area (Å²) in [6, 6.07) is 0. The van der Waals surface area contributed by atoms with E-state index >= 15 is 0 Å². The van der Waals surface area contributed by atoms with Crippen molar-refractivity contribution in [3.05, 3.63) is 12.2 Å². The van der Waals surface area contributed by atoms with Crippen LogP contribution in [0.4, 0.5) is 0 Å². The molecule has 3 N–H and O–H groups in total. The van der Waals surface area contributed by atoms with Crippen molar-refractivity contribution in [1.82, 2.24) is 0 Å². The number of carbonyl (C=O) groups is 2. The highest BCUT2D eigenvalue weighted by atomic mass is 31.2. The molecule has 0 radical (unpaired) electrons. The number of nitrogens with two attached hydrogens (primary N) is 1. The van der Waals surface area contributed by atoms with Gasteiger partial charge in [-0.25, -0.2) is 4.57 Å². The fourth-order valence-electron chi connectivity index (χ4n) is 4.59. The molecule has 0 spiro atoms. The molecule has 0 heterocycles. The minimum atomic E-state index is -4.36. The van der Waals surface area contributed by atoms with Crippen LogP contribution in [0, 0.1) is 0 Å². The number of esters is 2. The van der Waals surface area contributed by atoms with Crippen LogP contribution in [0.3, 0.4) is 0 Å². The lowest BCUT2D eigenvalue weighted by Gasteiger charge is -2.19. The summed E-state index contributed by atoms with van der Waals surface area (Å²) >= 11 is 0. The van der Waals surface area contributed by atoms with Gasteiger partial charge in [0.1, 0.15) is 6.61 Å². The average Bonchev–Trinajstić information content (AvgIpc) is 2.99. The van der Waals surface area contributed by atoms with E-state index in [1.54, 1.807) is 0 Å². The molecule has 0 aliphatic carbocycles. The fourth-order valence-corrected chi connectivity index (χ4v) is 5.36. The van der Waals surface area contributed by atoms with E-state index in [-0.39, 0.29) is 32.6 Å². The lowest BCUT2D eigenvalue weighted by molar-refractivity contribution is -0.161. The highest BCUT2D eigenvalue weighted by Crippen LogP contribution is 2.43. The summed E-state index contributed by atoms with van der Waals surface area (Å²) in [6.45, 7) is 3.62. The van der Waals surface area contributed by atoms with E-state index < -0.39 is 32.5 Å². The van der Waals surface area contributed by atoms with Gasteiger partial charge in [-0.1, -0.05) is 129 Å². The van der Waals surface area contributed by atoms with Gasteiger partial charge in [0.2, 0.25) is 0 Å². The summed E-state index contributed by atoms with van der Waals surface area (Å²) in [4.78, 5) is 34.4. The zero-order valence-corrected chi connectivity index (χ0v) is 28.3. The second kappa shape index (κ2) is 30.8. The van der Waals surface area contributed by atoms with Gasteiger partial charge in [0, 0.05) is 19.4 Å². The molecule has 0 rings (SSSR count). The Labute approximate surface area is 262 Å². The van der Waals surface area contributed by atoms with Gasteiger partial charge in [-0.15, -0.1) is 0 Å². The van der Waals surface area contributed by atoms with E-state index in [0.717, 1.165) is 32.1 Å². The standard InChI is InChI=1S/C33H64NO8P/c1-3-5-7-9-11-12-13-14-15-16-17-18-20-22-24-26-33(36)42-31(30-41-43(37,38)40-28-27-34)29-39-32(35)25-23-21-19-10-8-6-4-2/h20,22,31H,3-19,21,23-30,34H2,1-2H3,(H,37,38)/b22-20+/t31-/m1/s1. The number of carbonyl (C=O) groups excluding carboxylic acids is 2. The quantitative estimate of drug-likeness (QED) is 0.0323. The summed E-state index contributed by atoms with van der Waals surface area (Å²) in [7, 11) is -4.36. The molecule has 2 atom stereocenters.